The standard InChI is InChI=1S/C16H14N2O3S/c19-16(18-7-9-20-10-8-18)13-6-5-12(21-13)15-17-11-3-1-2-4-14(11)22-15/h1-6H,7-10H2. The van der Waals surface area contributed by atoms with Gasteiger partial charge in [0.1, 0.15) is 0 Å². The number of aromatic nitrogens is 1. The average Bonchev–Trinajstić information content (AvgIpc) is 3.21. The molecule has 1 saturated heterocycles. The van der Waals surface area contributed by atoms with Crippen molar-refractivity contribution < 1.29 is 13.9 Å². The molecule has 0 N–H and O–H groups in total. The number of morpholine rings is 1. The van der Waals surface area contributed by atoms with E-state index in [-0.39, 0.29) is 5.91 Å². The van der Waals surface area contributed by atoms with Crippen LogP contribution in [0.3, 0.4) is 0 Å². The molecule has 0 bridgehead atoms. The van der Waals surface area contributed by atoms with Crippen LogP contribution in [-0.2, 0) is 4.74 Å². The summed E-state index contributed by atoms with van der Waals surface area (Å²) in [5.41, 5.74) is 0.944. The van der Waals surface area contributed by atoms with Crippen molar-refractivity contribution >= 4 is 27.5 Å². The summed E-state index contributed by atoms with van der Waals surface area (Å²) in [6.07, 6.45) is 0. The second kappa shape index (κ2) is 5.55. The molecular formula is C16H14N2O3S. The normalized spacial score (nSPS) is 15.4. The van der Waals surface area contributed by atoms with Crippen LogP contribution in [0.15, 0.2) is 40.8 Å². The Kier molecular flexibility index (Phi) is 3.40. The van der Waals surface area contributed by atoms with Crippen LogP contribution in [0.1, 0.15) is 10.6 Å². The van der Waals surface area contributed by atoms with Crippen LogP contribution in [0.25, 0.3) is 21.0 Å². The first kappa shape index (κ1) is 13.5. The minimum absolute atomic E-state index is 0.0874. The van der Waals surface area contributed by atoms with E-state index in [1.165, 1.54) is 0 Å². The molecule has 0 spiro atoms. The van der Waals surface area contributed by atoms with E-state index in [4.69, 9.17) is 9.15 Å². The highest BCUT2D eigenvalue weighted by molar-refractivity contribution is 7.21. The van der Waals surface area contributed by atoms with Gasteiger partial charge in [-0.1, -0.05) is 12.1 Å². The molecule has 0 unspecified atom stereocenters. The third-order valence-electron chi connectivity index (χ3n) is 3.62. The van der Waals surface area contributed by atoms with Gasteiger partial charge in [-0.3, -0.25) is 4.79 Å². The smallest absolute Gasteiger partial charge is 0.289 e. The number of fused-ring (bicyclic) bond motifs is 1. The number of nitrogens with zero attached hydrogens (tertiary/aromatic N) is 2. The van der Waals surface area contributed by atoms with Crippen molar-refractivity contribution in [3.63, 3.8) is 0 Å². The van der Waals surface area contributed by atoms with E-state index in [1.54, 1.807) is 22.3 Å². The van der Waals surface area contributed by atoms with Crippen molar-refractivity contribution in [2.45, 2.75) is 0 Å². The lowest BCUT2D eigenvalue weighted by molar-refractivity contribution is 0.0283. The minimum Gasteiger partial charge on any atom is -0.448 e. The van der Waals surface area contributed by atoms with E-state index < -0.39 is 0 Å². The SMILES string of the molecule is O=C(c1ccc(-c2nc3ccccc3s2)o1)N1CCOCC1. The second-order valence-electron chi connectivity index (χ2n) is 5.06. The van der Waals surface area contributed by atoms with Gasteiger partial charge in [0.2, 0.25) is 0 Å². The molecular weight excluding hydrogens is 300 g/mol. The number of para-hydroxylation sites is 1. The van der Waals surface area contributed by atoms with Crippen molar-refractivity contribution in [1.29, 1.82) is 0 Å². The topological polar surface area (TPSA) is 55.6 Å². The van der Waals surface area contributed by atoms with Gasteiger partial charge in [0.15, 0.2) is 16.5 Å². The maximum absolute atomic E-state index is 12.4. The van der Waals surface area contributed by atoms with E-state index in [0.29, 0.717) is 37.8 Å². The fraction of sp³-hybridized carbons (Fsp3) is 0.250. The van der Waals surface area contributed by atoms with Gasteiger partial charge in [-0.2, -0.15) is 0 Å². The van der Waals surface area contributed by atoms with Gasteiger partial charge in [-0.05, 0) is 24.3 Å². The van der Waals surface area contributed by atoms with Crippen molar-refractivity contribution in [1.82, 2.24) is 9.88 Å². The molecule has 22 heavy (non-hydrogen) atoms. The Morgan fingerprint density at radius 3 is 2.77 bits per heavy atom. The van der Waals surface area contributed by atoms with Crippen molar-refractivity contribution in [3.8, 4) is 10.8 Å². The van der Waals surface area contributed by atoms with Gasteiger partial charge in [0, 0.05) is 13.1 Å². The summed E-state index contributed by atoms with van der Waals surface area (Å²) in [6, 6.07) is 11.5. The lowest BCUT2D eigenvalue weighted by atomic mass is 10.3. The lowest BCUT2D eigenvalue weighted by Crippen LogP contribution is -2.40. The highest BCUT2D eigenvalue weighted by Crippen LogP contribution is 2.31. The molecule has 2 aromatic heterocycles. The maximum Gasteiger partial charge on any atom is 0.289 e. The number of thiazole rings is 1. The number of amides is 1. The molecule has 1 aromatic carbocycles. The Balaban J connectivity index is 1.61. The van der Waals surface area contributed by atoms with Gasteiger partial charge in [-0.15, -0.1) is 11.3 Å². The Morgan fingerprint density at radius 2 is 1.95 bits per heavy atom. The fourth-order valence-electron chi connectivity index (χ4n) is 2.47. The van der Waals surface area contributed by atoms with Crippen LogP contribution in [0.2, 0.25) is 0 Å². The first-order chi connectivity index (χ1) is 10.8. The Morgan fingerprint density at radius 1 is 1.14 bits per heavy atom. The molecule has 1 aliphatic rings. The predicted octanol–water partition coefficient (Wildman–Crippen LogP) is 3.03. The van der Waals surface area contributed by atoms with Gasteiger partial charge in [0.05, 0.1) is 23.4 Å². The highest BCUT2D eigenvalue weighted by Gasteiger charge is 2.22. The molecule has 0 radical (unpaired) electrons. The van der Waals surface area contributed by atoms with Crippen LogP contribution < -0.4 is 0 Å². The van der Waals surface area contributed by atoms with Crippen molar-refractivity contribution in [2.75, 3.05) is 26.3 Å². The Labute approximate surface area is 131 Å². The molecule has 6 heteroatoms. The number of hydrogen-bond donors (Lipinski definition) is 0. The number of rotatable bonds is 2. The Bertz CT molecular complexity index is 785. The molecule has 0 atom stereocenters. The summed E-state index contributed by atoms with van der Waals surface area (Å²) in [5.74, 6) is 0.907. The average molecular weight is 314 g/mol. The third-order valence-corrected chi connectivity index (χ3v) is 4.67. The number of carbonyl (C=O) groups excluding carboxylic acids is 1. The maximum atomic E-state index is 12.4. The highest BCUT2D eigenvalue weighted by atomic mass is 32.1. The zero-order valence-electron chi connectivity index (χ0n) is 11.8. The summed E-state index contributed by atoms with van der Waals surface area (Å²) in [5, 5.41) is 0.794. The summed E-state index contributed by atoms with van der Waals surface area (Å²) >= 11 is 1.56. The first-order valence-corrected chi connectivity index (χ1v) is 7.96. The van der Waals surface area contributed by atoms with E-state index >= 15 is 0 Å². The van der Waals surface area contributed by atoms with Gasteiger partial charge in [0.25, 0.3) is 5.91 Å². The molecule has 112 valence electrons. The van der Waals surface area contributed by atoms with Gasteiger partial charge in [-0.25, -0.2) is 4.98 Å². The summed E-state index contributed by atoms with van der Waals surface area (Å²) in [4.78, 5) is 18.7. The van der Waals surface area contributed by atoms with E-state index in [2.05, 4.69) is 4.98 Å². The van der Waals surface area contributed by atoms with Crippen LogP contribution in [0, 0.1) is 0 Å². The molecule has 1 amide bonds. The first-order valence-electron chi connectivity index (χ1n) is 7.14. The van der Waals surface area contributed by atoms with Crippen LogP contribution >= 0.6 is 11.3 Å². The van der Waals surface area contributed by atoms with E-state index in [0.717, 1.165) is 15.2 Å². The number of benzene rings is 1. The lowest BCUT2D eigenvalue weighted by Gasteiger charge is -2.25. The monoisotopic (exact) mass is 314 g/mol. The van der Waals surface area contributed by atoms with Crippen molar-refractivity contribution in [3.05, 3.63) is 42.2 Å². The second-order valence-corrected chi connectivity index (χ2v) is 6.09. The molecule has 3 heterocycles. The van der Waals surface area contributed by atoms with Crippen LogP contribution in [-0.4, -0.2) is 42.1 Å². The predicted molar refractivity (Wildman–Crippen MR) is 84.0 cm³/mol. The fourth-order valence-corrected chi connectivity index (χ4v) is 3.40. The van der Waals surface area contributed by atoms with Crippen LogP contribution in [0.5, 0.6) is 0 Å². The molecule has 0 saturated carbocycles. The molecule has 0 aliphatic carbocycles. The zero-order chi connectivity index (χ0) is 14.9. The molecule has 1 aliphatic heterocycles. The Hall–Kier alpha value is -2.18. The van der Waals surface area contributed by atoms with E-state index in [9.17, 15) is 4.79 Å². The number of furan rings is 1. The van der Waals surface area contributed by atoms with Crippen LogP contribution in [0.4, 0.5) is 0 Å². The largest absolute Gasteiger partial charge is 0.448 e. The minimum atomic E-state index is -0.0874. The van der Waals surface area contributed by atoms with Gasteiger partial charge < -0.3 is 14.1 Å². The molecule has 1 fully saturated rings. The quantitative estimate of drug-likeness (QED) is 0.729. The third kappa shape index (κ3) is 2.40. The zero-order valence-corrected chi connectivity index (χ0v) is 12.6. The number of hydrogen-bond acceptors (Lipinski definition) is 5. The molecule has 5 nitrogen and oxygen atoms in total. The molecule has 4 rings (SSSR count). The molecule has 3 aromatic rings. The summed E-state index contributed by atoms with van der Waals surface area (Å²) < 4.78 is 12.1. The number of carbonyl (C=O) groups is 1. The summed E-state index contributed by atoms with van der Waals surface area (Å²) in [7, 11) is 0. The van der Waals surface area contributed by atoms with E-state index in [1.807, 2.05) is 30.3 Å². The van der Waals surface area contributed by atoms with Crippen molar-refractivity contribution in [2.24, 2.45) is 0 Å². The van der Waals surface area contributed by atoms with Gasteiger partial charge >= 0.3 is 0 Å². The number of ether oxygens (including phenoxy) is 1. The summed E-state index contributed by atoms with van der Waals surface area (Å²) in [6.45, 7) is 2.38.